The summed E-state index contributed by atoms with van der Waals surface area (Å²) in [6, 6.07) is 3.91. The number of carboxylic acids is 2. The first-order valence-corrected chi connectivity index (χ1v) is 9.55. The SMILES string of the molecule is C=C=C(CC(C)C)C1(C(=O)O)C=C(C)C=C(C(=O)O)C1=Nc1ccc([N+](=O)[O-])cc1C. The van der Waals surface area contributed by atoms with Crippen LogP contribution < -0.4 is 0 Å². The maximum absolute atomic E-state index is 12.7. The number of carbonyl (C=O) groups is 2. The second-order valence-corrected chi connectivity index (χ2v) is 7.81. The van der Waals surface area contributed by atoms with Crippen LogP contribution in [0.15, 0.2) is 64.4 Å². The van der Waals surface area contributed by atoms with Crippen LogP contribution in [0.3, 0.4) is 0 Å². The van der Waals surface area contributed by atoms with Crippen molar-refractivity contribution >= 4 is 29.0 Å². The zero-order valence-corrected chi connectivity index (χ0v) is 17.8. The van der Waals surface area contributed by atoms with Crippen molar-refractivity contribution in [2.45, 2.75) is 34.1 Å². The topological polar surface area (TPSA) is 130 Å². The van der Waals surface area contributed by atoms with E-state index in [1.807, 2.05) is 13.8 Å². The molecule has 0 saturated heterocycles. The van der Waals surface area contributed by atoms with Gasteiger partial charge in [-0.1, -0.05) is 32.1 Å². The van der Waals surface area contributed by atoms with E-state index < -0.39 is 22.3 Å². The summed E-state index contributed by atoms with van der Waals surface area (Å²) in [5.41, 5.74) is 1.61. The number of allylic oxidation sites excluding steroid dienone is 2. The Hall–Kier alpha value is -3.77. The third-order valence-corrected chi connectivity index (χ3v) is 4.94. The number of non-ortho nitro benzene ring substituents is 1. The van der Waals surface area contributed by atoms with Crippen molar-refractivity contribution in [3.8, 4) is 0 Å². The maximum Gasteiger partial charge on any atom is 0.337 e. The number of aliphatic imine (C=N–C) groups is 1. The van der Waals surface area contributed by atoms with E-state index in [1.165, 1.54) is 30.4 Å². The number of nitro benzene ring substituents is 1. The molecule has 0 spiro atoms. The molecule has 8 nitrogen and oxygen atoms in total. The Morgan fingerprint density at radius 2 is 1.94 bits per heavy atom. The van der Waals surface area contributed by atoms with E-state index in [9.17, 15) is 29.9 Å². The van der Waals surface area contributed by atoms with Gasteiger partial charge in [0.05, 0.1) is 21.9 Å². The van der Waals surface area contributed by atoms with Crippen LogP contribution in [0.4, 0.5) is 11.4 Å². The van der Waals surface area contributed by atoms with Gasteiger partial charge < -0.3 is 10.2 Å². The van der Waals surface area contributed by atoms with E-state index in [0.717, 1.165) is 0 Å². The van der Waals surface area contributed by atoms with Gasteiger partial charge in [0.25, 0.3) is 5.69 Å². The van der Waals surface area contributed by atoms with Gasteiger partial charge in [-0.05, 0) is 49.5 Å². The first kappa shape index (κ1) is 23.5. The molecule has 8 heteroatoms. The predicted molar refractivity (Wildman–Crippen MR) is 117 cm³/mol. The molecule has 1 aromatic rings. The highest BCUT2D eigenvalue weighted by molar-refractivity contribution is 6.30. The molecule has 1 aliphatic carbocycles. The summed E-state index contributed by atoms with van der Waals surface area (Å²) in [4.78, 5) is 39.7. The monoisotopic (exact) mass is 424 g/mol. The molecule has 0 aliphatic heterocycles. The second kappa shape index (κ2) is 8.93. The number of aliphatic carboxylic acids is 2. The van der Waals surface area contributed by atoms with Gasteiger partial charge in [0.2, 0.25) is 0 Å². The van der Waals surface area contributed by atoms with Gasteiger partial charge in [-0.15, -0.1) is 5.73 Å². The van der Waals surface area contributed by atoms with Crippen molar-refractivity contribution in [2.24, 2.45) is 16.3 Å². The van der Waals surface area contributed by atoms with Crippen LogP contribution in [0.1, 0.15) is 32.8 Å². The van der Waals surface area contributed by atoms with Gasteiger partial charge in [0.1, 0.15) is 0 Å². The van der Waals surface area contributed by atoms with Gasteiger partial charge >= 0.3 is 11.9 Å². The molecule has 1 atom stereocenters. The molecule has 0 heterocycles. The average Bonchev–Trinajstić information content (AvgIpc) is 2.67. The van der Waals surface area contributed by atoms with E-state index in [-0.39, 0.29) is 28.6 Å². The minimum atomic E-state index is -1.88. The minimum Gasteiger partial charge on any atom is -0.480 e. The van der Waals surface area contributed by atoms with Crippen LogP contribution in [-0.2, 0) is 9.59 Å². The maximum atomic E-state index is 12.7. The van der Waals surface area contributed by atoms with Crippen LogP contribution in [0, 0.1) is 28.4 Å². The lowest BCUT2D eigenvalue weighted by molar-refractivity contribution is -0.384. The van der Waals surface area contributed by atoms with Crippen molar-refractivity contribution in [2.75, 3.05) is 0 Å². The molecule has 2 N–H and O–H groups in total. The fourth-order valence-corrected chi connectivity index (χ4v) is 3.57. The summed E-state index contributed by atoms with van der Waals surface area (Å²) in [6.45, 7) is 10.7. The molecule has 31 heavy (non-hydrogen) atoms. The quantitative estimate of drug-likeness (QED) is 0.368. The molecule has 0 aromatic heterocycles. The number of benzene rings is 1. The number of hydrogen-bond acceptors (Lipinski definition) is 5. The van der Waals surface area contributed by atoms with Crippen LogP contribution >= 0.6 is 0 Å². The van der Waals surface area contributed by atoms with Crippen LogP contribution in [0.5, 0.6) is 0 Å². The lowest BCUT2D eigenvalue weighted by atomic mass is 9.67. The van der Waals surface area contributed by atoms with Gasteiger partial charge in [0.15, 0.2) is 5.41 Å². The Kier molecular flexibility index (Phi) is 6.78. The van der Waals surface area contributed by atoms with Crippen LogP contribution in [0.2, 0.25) is 0 Å². The summed E-state index contributed by atoms with van der Waals surface area (Å²) in [6.07, 6.45) is 3.13. The highest BCUT2D eigenvalue weighted by Crippen LogP contribution is 2.43. The fourth-order valence-electron chi connectivity index (χ4n) is 3.57. The van der Waals surface area contributed by atoms with Gasteiger partial charge in [-0.25, -0.2) is 4.79 Å². The average molecular weight is 424 g/mol. The van der Waals surface area contributed by atoms with E-state index in [1.54, 1.807) is 13.8 Å². The summed E-state index contributed by atoms with van der Waals surface area (Å²) in [5.74, 6) is -2.58. The molecule has 0 amide bonds. The molecule has 162 valence electrons. The first-order valence-electron chi connectivity index (χ1n) is 9.55. The molecule has 2 rings (SSSR count). The molecule has 0 bridgehead atoms. The summed E-state index contributed by atoms with van der Waals surface area (Å²) < 4.78 is 0. The number of aryl methyl sites for hydroxylation is 1. The van der Waals surface area contributed by atoms with Crippen molar-refractivity contribution in [3.05, 3.63) is 75.1 Å². The minimum absolute atomic E-state index is 0.0516. The fraction of sp³-hybridized carbons (Fsp3) is 0.304. The Balaban J connectivity index is 2.91. The number of nitro groups is 1. The van der Waals surface area contributed by atoms with Crippen LogP contribution in [0.25, 0.3) is 0 Å². The third kappa shape index (κ3) is 4.54. The smallest absolute Gasteiger partial charge is 0.337 e. The van der Waals surface area contributed by atoms with E-state index in [2.05, 4.69) is 17.3 Å². The Bertz CT molecular complexity index is 1100. The molecule has 0 radical (unpaired) electrons. The Morgan fingerprint density at radius 1 is 1.29 bits per heavy atom. The van der Waals surface area contributed by atoms with Crippen molar-refractivity contribution in [3.63, 3.8) is 0 Å². The van der Waals surface area contributed by atoms with Crippen molar-refractivity contribution in [1.82, 2.24) is 0 Å². The predicted octanol–water partition coefficient (Wildman–Crippen LogP) is 4.78. The van der Waals surface area contributed by atoms with Gasteiger partial charge in [-0.3, -0.25) is 19.9 Å². The van der Waals surface area contributed by atoms with E-state index in [4.69, 9.17) is 0 Å². The van der Waals surface area contributed by atoms with Crippen LogP contribution in [-0.4, -0.2) is 32.8 Å². The number of nitrogens with zero attached hydrogens (tertiary/aromatic N) is 2. The van der Waals surface area contributed by atoms with Crippen molar-refractivity contribution < 1.29 is 24.7 Å². The highest BCUT2D eigenvalue weighted by atomic mass is 16.6. The summed E-state index contributed by atoms with van der Waals surface area (Å²) in [7, 11) is 0. The van der Waals surface area contributed by atoms with Gasteiger partial charge in [0, 0.05) is 12.1 Å². The lowest BCUT2D eigenvalue weighted by Gasteiger charge is -2.34. The molecular formula is C23H24N2O6. The zero-order chi connectivity index (χ0) is 23.5. The second-order valence-electron chi connectivity index (χ2n) is 7.81. The first-order chi connectivity index (χ1) is 14.4. The Labute approximate surface area is 179 Å². The van der Waals surface area contributed by atoms with Gasteiger partial charge in [-0.2, -0.15) is 0 Å². The highest BCUT2D eigenvalue weighted by Gasteiger charge is 2.49. The van der Waals surface area contributed by atoms with E-state index >= 15 is 0 Å². The largest absolute Gasteiger partial charge is 0.480 e. The molecule has 1 aliphatic rings. The summed E-state index contributed by atoms with van der Waals surface area (Å²) >= 11 is 0. The van der Waals surface area contributed by atoms with Crippen molar-refractivity contribution in [1.29, 1.82) is 0 Å². The third-order valence-electron chi connectivity index (χ3n) is 4.94. The molecule has 1 aromatic carbocycles. The number of rotatable bonds is 7. The molecule has 0 fully saturated rings. The molecule has 1 unspecified atom stereocenters. The standard InChI is InChI=1S/C23H24N2O6/c1-6-16(9-13(2)3)23(22(28)29)12-14(4)10-18(21(26)27)20(23)24-19-8-7-17(25(30)31)11-15(19)5/h7-8,10-13H,1,9H2,2-5H3,(H,26,27)(H,28,29). The Morgan fingerprint density at radius 3 is 2.39 bits per heavy atom. The van der Waals surface area contributed by atoms with E-state index in [0.29, 0.717) is 23.1 Å². The lowest BCUT2D eigenvalue weighted by Crippen LogP contribution is -2.44. The normalized spacial score (nSPS) is 19.5. The number of carboxylic acid groups (broad SMARTS) is 2. The number of hydrogen-bond donors (Lipinski definition) is 2. The zero-order valence-electron chi connectivity index (χ0n) is 17.8. The summed E-state index contributed by atoms with van der Waals surface area (Å²) in [5, 5.41) is 31.2. The molecule has 0 saturated carbocycles. The molecular weight excluding hydrogens is 400 g/mol.